The van der Waals surface area contributed by atoms with Crippen molar-refractivity contribution in [1.82, 2.24) is 9.47 Å². The first-order valence-corrected chi connectivity index (χ1v) is 11.5. The van der Waals surface area contributed by atoms with Gasteiger partial charge in [-0.05, 0) is 42.0 Å². The third-order valence-corrected chi connectivity index (χ3v) is 7.01. The van der Waals surface area contributed by atoms with Gasteiger partial charge in [-0.1, -0.05) is 48.5 Å². The molecule has 4 aromatic carbocycles. The lowest BCUT2D eigenvalue weighted by molar-refractivity contribution is 0.0693. The van der Waals surface area contributed by atoms with Gasteiger partial charge in [0.25, 0.3) is 11.8 Å². The second kappa shape index (κ2) is 6.81. The topological polar surface area (TPSA) is 45.3 Å². The maximum absolute atomic E-state index is 13.0. The Kier molecular flexibility index (Phi) is 3.83. The maximum atomic E-state index is 13.0. The molecule has 0 bridgehead atoms. The molecule has 1 aromatic heterocycles. The highest BCUT2D eigenvalue weighted by molar-refractivity contribution is 6.23. The number of nitrogens with zero attached hydrogens (tertiary/aromatic N) is 3. The molecular formula is C29H21N3O2. The van der Waals surface area contributed by atoms with Gasteiger partial charge in [-0.3, -0.25) is 14.5 Å². The van der Waals surface area contributed by atoms with Crippen LogP contribution in [0.3, 0.4) is 0 Å². The molecule has 0 atom stereocenters. The normalized spacial score (nSPS) is 15.0. The van der Waals surface area contributed by atoms with Crippen LogP contribution in [0, 0.1) is 0 Å². The summed E-state index contributed by atoms with van der Waals surface area (Å²) in [6, 6.07) is 28.8. The molecule has 0 saturated carbocycles. The van der Waals surface area contributed by atoms with Crippen LogP contribution in [0.5, 0.6) is 0 Å². The summed E-state index contributed by atoms with van der Waals surface area (Å²) in [7, 11) is 1.54. The quantitative estimate of drug-likeness (QED) is 0.273. The molecule has 0 N–H and O–H groups in total. The van der Waals surface area contributed by atoms with Crippen molar-refractivity contribution < 1.29 is 9.59 Å². The fraction of sp³-hybridized carbons (Fsp3) is 0.103. The van der Waals surface area contributed by atoms with Gasteiger partial charge in [0.15, 0.2) is 0 Å². The first kappa shape index (κ1) is 19.1. The van der Waals surface area contributed by atoms with E-state index in [2.05, 4.69) is 64.1 Å². The van der Waals surface area contributed by atoms with Gasteiger partial charge in [-0.2, -0.15) is 0 Å². The monoisotopic (exact) mass is 443 g/mol. The van der Waals surface area contributed by atoms with E-state index < -0.39 is 0 Å². The molecule has 0 radical (unpaired) electrons. The van der Waals surface area contributed by atoms with Crippen molar-refractivity contribution >= 4 is 39.3 Å². The molecule has 0 aliphatic carbocycles. The molecule has 7 rings (SSSR count). The van der Waals surface area contributed by atoms with Crippen molar-refractivity contribution in [2.75, 3.05) is 25.0 Å². The number of carbonyl (C=O) groups excluding carboxylic acids is 2. The van der Waals surface area contributed by atoms with Gasteiger partial charge in [0.05, 0.1) is 27.8 Å². The molecule has 1 fully saturated rings. The fourth-order valence-corrected chi connectivity index (χ4v) is 5.25. The van der Waals surface area contributed by atoms with Crippen LogP contribution < -0.4 is 4.90 Å². The van der Waals surface area contributed by atoms with Crippen molar-refractivity contribution in [2.45, 2.75) is 0 Å². The Bertz CT molecular complexity index is 1680. The van der Waals surface area contributed by atoms with Crippen LogP contribution in [0.4, 0.5) is 5.69 Å². The van der Waals surface area contributed by atoms with Gasteiger partial charge in [0.1, 0.15) is 0 Å². The lowest BCUT2D eigenvalue weighted by atomic mass is 10.0. The van der Waals surface area contributed by atoms with Crippen LogP contribution in [-0.2, 0) is 0 Å². The minimum Gasteiger partial charge on any atom is -0.367 e. The maximum Gasteiger partial charge on any atom is 0.263 e. The molecule has 164 valence electrons. The lowest BCUT2D eigenvalue weighted by Crippen LogP contribution is -2.24. The highest BCUT2D eigenvalue weighted by Gasteiger charge is 2.35. The molecule has 5 aromatic rings. The molecule has 3 heterocycles. The summed E-state index contributed by atoms with van der Waals surface area (Å²) >= 11 is 0. The van der Waals surface area contributed by atoms with Crippen LogP contribution in [-0.4, -0.2) is 41.4 Å². The van der Waals surface area contributed by atoms with Crippen LogP contribution in [0.2, 0.25) is 0 Å². The Morgan fingerprint density at radius 1 is 0.647 bits per heavy atom. The van der Waals surface area contributed by atoms with E-state index in [9.17, 15) is 9.59 Å². The molecule has 34 heavy (non-hydrogen) atoms. The average molecular weight is 444 g/mol. The van der Waals surface area contributed by atoms with Gasteiger partial charge in [-0.25, -0.2) is 0 Å². The second-order valence-electron chi connectivity index (χ2n) is 8.96. The summed E-state index contributed by atoms with van der Waals surface area (Å²) in [4.78, 5) is 29.2. The number of imide groups is 1. The molecule has 0 unspecified atom stereocenters. The number of anilines is 1. The summed E-state index contributed by atoms with van der Waals surface area (Å²) in [6.45, 7) is 2.19. The highest BCUT2D eigenvalue weighted by Crippen LogP contribution is 2.40. The van der Waals surface area contributed by atoms with E-state index in [1.54, 1.807) is 13.1 Å². The van der Waals surface area contributed by atoms with Crippen molar-refractivity contribution in [3.8, 4) is 16.8 Å². The van der Waals surface area contributed by atoms with Gasteiger partial charge in [0.2, 0.25) is 0 Å². The van der Waals surface area contributed by atoms with Crippen molar-refractivity contribution in [3.63, 3.8) is 0 Å². The predicted octanol–water partition coefficient (Wildman–Crippen LogP) is 5.50. The summed E-state index contributed by atoms with van der Waals surface area (Å²) in [5.41, 5.74) is 7.34. The summed E-state index contributed by atoms with van der Waals surface area (Å²) in [5, 5.41) is 2.24. The Morgan fingerprint density at radius 2 is 1.35 bits per heavy atom. The molecular weight excluding hydrogens is 422 g/mol. The predicted molar refractivity (Wildman–Crippen MR) is 135 cm³/mol. The Hall–Kier alpha value is -4.38. The van der Waals surface area contributed by atoms with Gasteiger partial charge < -0.3 is 9.47 Å². The van der Waals surface area contributed by atoms with Crippen LogP contribution >= 0.6 is 0 Å². The van der Waals surface area contributed by atoms with Crippen molar-refractivity contribution in [1.29, 1.82) is 0 Å². The third kappa shape index (κ3) is 2.55. The van der Waals surface area contributed by atoms with E-state index >= 15 is 0 Å². The van der Waals surface area contributed by atoms with Crippen molar-refractivity contribution in [3.05, 3.63) is 96.1 Å². The third-order valence-electron chi connectivity index (χ3n) is 7.01. The first-order valence-electron chi connectivity index (χ1n) is 11.5. The molecule has 2 aliphatic rings. The van der Waals surface area contributed by atoms with Crippen LogP contribution in [0.25, 0.3) is 38.6 Å². The number of rotatable bonds is 3. The zero-order chi connectivity index (χ0) is 23.0. The summed E-state index contributed by atoms with van der Waals surface area (Å²) in [5.74, 6) is -0.512. The molecule has 5 heteroatoms. The number of hydrogen-bond acceptors (Lipinski definition) is 3. The van der Waals surface area contributed by atoms with Crippen molar-refractivity contribution in [2.24, 2.45) is 0 Å². The Labute approximate surface area is 196 Å². The van der Waals surface area contributed by atoms with Gasteiger partial charge >= 0.3 is 0 Å². The molecule has 2 aliphatic heterocycles. The Balaban J connectivity index is 1.52. The number of aromatic nitrogens is 1. The average Bonchev–Trinajstić information content (AvgIpc) is 3.64. The van der Waals surface area contributed by atoms with E-state index in [0.717, 1.165) is 40.6 Å². The van der Waals surface area contributed by atoms with Crippen LogP contribution in [0.1, 0.15) is 20.7 Å². The largest absolute Gasteiger partial charge is 0.367 e. The zero-order valence-corrected chi connectivity index (χ0v) is 18.7. The van der Waals surface area contributed by atoms with E-state index in [1.807, 2.05) is 24.3 Å². The number of fused-ring (bicyclic) bond motifs is 4. The minimum atomic E-state index is -0.259. The second-order valence-corrected chi connectivity index (χ2v) is 8.96. The molecule has 0 spiro atoms. The molecule has 2 amide bonds. The fourth-order valence-electron chi connectivity index (χ4n) is 5.25. The standard InChI is InChI=1S/C29H21N3O2/c1-30-28(33)21-9-6-12-26(27(21)29(30)34)32-24-11-5-3-8-20(24)22-17-18(13-14-25(22)32)19-7-2-4-10-23(19)31-15-16-31/h2-14,17H,15-16H2,1H3. The number of carbonyl (C=O) groups is 2. The van der Waals surface area contributed by atoms with Gasteiger partial charge in [0, 0.05) is 42.2 Å². The van der Waals surface area contributed by atoms with E-state index in [0.29, 0.717) is 11.1 Å². The number of amides is 2. The highest BCUT2D eigenvalue weighted by atomic mass is 16.2. The lowest BCUT2D eigenvalue weighted by Gasteiger charge is -2.13. The van der Waals surface area contributed by atoms with E-state index in [-0.39, 0.29) is 11.8 Å². The Morgan fingerprint density at radius 3 is 2.21 bits per heavy atom. The van der Waals surface area contributed by atoms with E-state index in [1.165, 1.54) is 21.7 Å². The van der Waals surface area contributed by atoms with E-state index in [4.69, 9.17) is 0 Å². The minimum absolute atomic E-state index is 0.253. The SMILES string of the molecule is CN1C(=O)c2cccc(-n3c4ccccc4c4cc(-c5ccccc5N5CC5)ccc43)c2C1=O. The zero-order valence-electron chi connectivity index (χ0n) is 18.7. The molecule has 1 saturated heterocycles. The smallest absolute Gasteiger partial charge is 0.263 e. The number of benzene rings is 4. The number of hydrogen-bond donors (Lipinski definition) is 0. The number of para-hydroxylation sites is 2. The summed E-state index contributed by atoms with van der Waals surface area (Å²) in [6.07, 6.45) is 0. The van der Waals surface area contributed by atoms with Gasteiger partial charge in [-0.15, -0.1) is 0 Å². The molecule has 5 nitrogen and oxygen atoms in total. The first-order chi connectivity index (χ1) is 16.6. The summed E-state index contributed by atoms with van der Waals surface area (Å²) < 4.78 is 2.12. The van der Waals surface area contributed by atoms with Crippen LogP contribution in [0.15, 0.2) is 84.9 Å².